The van der Waals surface area contributed by atoms with E-state index in [-0.39, 0.29) is 0 Å². The number of hydrogen-bond donors (Lipinski definition) is 0. The predicted molar refractivity (Wildman–Crippen MR) is 57.8 cm³/mol. The van der Waals surface area contributed by atoms with Gasteiger partial charge in [0.25, 0.3) is 0 Å². The highest BCUT2D eigenvalue weighted by atomic mass is 13.9. The number of rotatable bonds is 0. The Kier molecular flexibility index (Phi) is 15.8. The maximum Gasteiger partial charge on any atom is 0.136 e. The molecule has 0 aromatic carbocycles. The lowest BCUT2D eigenvalue weighted by molar-refractivity contribution is 0.725. The molecule has 0 saturated carbocycles. The fraction of sp³-hybridized carbons (Fsp3) is 1.00. The fourth-order valence-electron chi connectivity index (χ4n) is 1.31. The molecule has 0 amide bonds. The zero-order valence-electron chi connectivity index (χ0n) is 9.11. The minimum atomic E-state index is 1.04. The Hall–Kier alpha value is 0.0649. The standard InChI is InChI=1S/C6H13B.2C2H6/c1-7-5-3-2-4-6-7;2*1-2/h2-6H2,1H3;2*1-2H3. The van der Waals surface area contributed by atoms with Crippen molar-refractivity contribution in [2.24, 2.45) is 0 Å². The highest BCUT2D eigenvalue weighted by Gasteiger charge is 2.09. The molecule has 1 aliphatic rings. The molecule has 0 aliphatic carbocycles. The summed E-state index contributed by atoms with van der Waals surface area (Å²) in [6, 6.07) is 0. The molecule has 0 aromatic heterocycles. The smallest absolute Gasteiger partial charge is 0.0861 e. The van der Waals surface area contributed by atoms with Gasteiger partial charge in [0.15, 0.2) is 0 Å². The van der Waals surface area contributed by atoms with Crippen molar-refractivity contribution in [2.75, 3.05) is 0 Å². The Balaban J connectivity index is 0. The molecule has 0 atom stereocenters. The Bertz CT molecular complexity index is 46.8. The Morgan fingerprint density at radius 1 is 0.727 bits per heavy atom. The molecule has 1 saturated heterocycles. The molecule has 68 valence electrons. The normalized spacial score (nSPS) is 15.5. The van der Waals surface area contributed by atoms with E-state index >= 15 is 0 Å². The average molecular weight is 156 g/mol. The van der Waals surface area contributed by atoms with E-state index in [9.17, 15) is 0 Å². The van der Waals surface area contributed by atoms with E-state index < -0.39 is 0 Å². The quantitative estimate of drug-likeness (QED) is 0.457. The van der Waals surface area contributed by atoms with Crippen LogP contribution in [-0.2, 0) is 0 Å². The third-order valence-corrected chi connectivity index (χ3v) is 1.89. The summed E-state index contributed by atoms with van der Waals surface area (Å²) < 4.78 is 0. The third-order valence-electron chi connectivity index (χ3n) is 1.89. The van der Waals surface area contributed by atoms with Gasteiger partial charge in [-0.3, -0.25) is 0 Å². The maximum atomic E-state index is 2.36. The molecule has 1 heterocycles. The van der Waals surface area contributed by atoms with Gasteiger partial charge in [0.1, 0.15) is 6.71 Å². The van der Waals surface area contributed by atoms with Crippen LogP contribution in [0.2, 0.25) is 19.5 Å². The summed E-state index contributed by atoms with van der Waals surface area (Å²) in [7, 11) is 0. The van der Waals surface area contributed by atoms with Crippen molar-refractivity contribution in [2.45, 2.75) is 66.4 Å². The van der Waals surface area contributed by atoms with Crippen molar-refractivity contribution in [3.63, 3.8) is 0 Å². The van der Waals surface area contributed by atoms with Crippen LogP contribution in [0.25, 0.3) is 0 Å². The van der Waals surface area contributed by atoms with E-state index in [1.54, 1.807) is 0 Å². The van der Waals surface area contributed by atoms with E-state index in [0.717, 1.165) is 6.71 Å². The van der Waals surface area contributed by atoms with Gasteiger partial charge in [-0.15, -0.1) is 0 Å². The molecule has 1 fully saturated rings. The summed E-state index contributed by atoms with van der Waals surface area (Å²) in [6.07, 6.45) is 7.44. The monoisotopic (exact) mass is 156 g/mol. The topological polar surface area (TPSA) is 0 Å². The second-order valence-electron chi connectivity index (χ2n) is 2.74. The van der Waals surface area contributed by atoms with Crippen molar-refractivity contribution in [3.8, 4) is 0 Å². The lowest BCUT2D eigenvalue weighted by atomic mass is 9.44. The summed E-state index contributed by atoms with van der Waals surface area (Å²) in [6.45, 7) is 11.4. The van der Waals surface area contributed by atoms with Crippen molar-refractivity contribution in [3.05, 3.63) is 0 Å². The molecule has 0 nitrogen and oxygen atoms in total. The zero-order valence-corrected chi connectivity index (χ0v) is 9.11. The van der Waals surface area contributed by atoms with Gasteiger partial charge in [0, 0.05) is 0 Å². The van der Waals surface area contributed by atoms with Crippen LogP contribution in [0, 0.1) is 0 Å². The predicted octanol–water partition coefficient (Wildman–Crippen LogP) is 4.35. The molecule has 0 unspecified atom stereocenters. The summed E-state index contributed by atoms with van der Waals surface area (Å²) in [5.74, 6) is 0. The van der Waals surface area contributed by atoms with Gasteiger partial charge in [0.2, 0.25) is 0 Å². The Morgan fingerprint density at radius 2 is 1.09 bits per heavy atom. The van der Waals surface area contributed by atoms with Crippen LogP contribution in [0.5, 0.6) is 0 Å². The summed E-state index contributed by atoms with van der Waals surface area (Å²) in [4.78, 5) is 0. The second-order valence-corrected chi connectivity index (χ2v) is 2.74. The molecule has 1 heteroatoms. The minimum absolute atomic E-state index is 1.04. The van der Waals surface area contributed by atoms with Gasteiger partial charge < -0.3 is 0 Å². The molecule has 0 spiro atoms. The molecule has 0 radical (unpaired) electrons. The van der Waals surface area contributed by atoms with E-state index in [4.69, 9.17) is 0 Å². The lowest BCUT2D eigenvalue weighted by Gasteiger charge is -2.12. The first kappa shape index (κ1) is 13.6. The molecule has 1 rings (SSSR count). The van der Waals surface area contributed by atoms with Gasteiger partial charge in [-0.1, -0.05) is 66.4 Å². The van der Waals surface area contributed by atoms with Crippen molar-refractivity contribution in [1.29, 1.82) is 0 Å². The average Bonchev–Trinajstić information content (AvgIpc) is 2.13. The van der Waals surface area contributed by atoms with Crippen LogP contribution in [-0.4, -0.2) is 6.71 Å². The van der Waals surface area contributed by atoms with Crippen LogP contribution in [0.15, 0.2) is 0 Å². The second kappa shape index (κ2) is 12.7. The fourth-order valence-corrected chi connectivity index (χ4v) is 1.31. The van der Waals surface area contributed by atoms with Crippen molar-refractivity contribution < 1.29 is 0 Å². The summed E-state index contributed by atoms with van der Waals surface area (Å²) in [5.41, 5.74) is 0. The van der Waals surface area contributed by atoms with Gasteiger partial charge in [-0.05, 0) is 0 Å². The zero-order chi connectivity index (χ0) is 9.11. The molecule has 11 heavy (non-hydrogen) atoms. The van der Waals surface area contributed by atoms with Crippen LogP contribution in [0.3, 0.4) is 0 Å². The highest BCUT2D eigenvalue weighted by molar-refractivity contribution is 6.57. The molecule has 0 N–H and O–H groups in total. The molecule has 0 aromatic rings. The van der Waals surface area contributed by atoms with Crippen LogP contribution >= 0.6 is 0 Å². The summed E-state index contributed by atoms with van der Waals surface area (Å²) >= 11 is 0. The van der Waals surface area contributed by atoms with E-state index in [2.05, 4.69) is 6.82 Å². The highest BCUT2D eigenvalue weighted by Crippen LogP contribution is 2.17. The SMILES string of the molecule is CB1CCCCC1.CC.CC. The Labute approximate surface area is 73.9 Å². The van der Waals surface area contributed by atoms with Gasteiger partial charge >= 0.3 is 0 Å². The molecule has 0 bridgehead atoms. The first-order valence-corrected chi connectivity index (χ1v) is 5.39. The summed E-state index contributed by atoms with van der Waals surface area (Å²) in [5, 5.41) is 0. The van der Waals surface area contributed by atoms with E-state index in [1.807, 2.05) is 27.7 Å². The van der Waals surface area contributed by atoms with Gasteiger partial charge in [-0.25, -0.2) is 0 Å². The lowest BCUT2D eigenvalue weighted by Crippen LogP contribution is -2.09. The Morgan fingerprint density at radius 3 is 1.27 bits per heavy atom. The van der Waals surface area contributed by atoms with Gasteiger partial charge in [-0.2, -0.15) is 0 Å². The maximum absolute atomic E-state index is 2.36. The molecular weight excluding hydrogens is 131 g/mol. The van der Waals surface area contributed by atoms with Crippen molar-refractivity contribution >= 4 is 6.71 Å². The van der Waals surface area contributed by atoms with Crippen LogP contribution < -0.4 is 0 Å². The first-order valence-electron chi connectivity index (χ1n) is 5.39. The molecule has 1 aliphatic heterocycles. The number of hydrogen-bond acceptors (Lipinski definition) is 0. The minimum Gasteiger partial charge on any atom is -0.0861 e. The van der Waals surface area contributed by atoms with Crippen molar-refractivity contribution in [1.82, 2.24) is 0 Å². The third kappa shape index (κ3) is 10.1. The van der Waals surface area contributed by atoms with Crippen LogP contribution in [0.1, 0.15) is 47.0 Å². The van der Waals surface area contributed by atoms with Gasteiger partial charge in [0.05, 0.1) is 0 Å². The van der Waals surface area contributed by atoms with Crippen LogP contribution in [0.4, 0.5) is 0 Å². The largest absolute Gasteiger partial charge is 0.136 e. The molecular formula is C10H25B. The first-order chi connectivity index (χ1) is 5.39. The van der Waals surface area contributed by atoms with E-state index in [0.29, 0.717) is 0 Å². The van der Waals surface area contributed by atoms with E-state index in [1.165, 1.54) is 31.9 Å².